The van der Waals surface area contributed by atoms with Crippen LogP contribution in [0.5, 0.6) is 0 Å². The monoisotopic (exact) mass is 277 g/mol. The largest absolute Gasteiger partial charge is 0.347 e. The van der Waals surface area contributed by atoms with E-state index in [9.17, 15) is 0 Å². The number of imidazole rings is 1. The van der Waals surface area contributed by atoms with Crippen molar-refractivity contribution in [3.63, 3.8) is 0 Å². The van der Waals surface area contributed by atoms with E-state index in [0.29, 0.717) is 5.92 Å². The van der Waals surface area contributed by atoms with E-state index < -0.39 is 0 Å². The summed E-state index contributed by atoms with van der Waals surface area (Å²) in [4.78, 5) is 10.5. The normalized spacial score (nSPS) is 26.7. The fourth-order valence-corrected chi connectivity index (χ4v) is 3.77. The zero-order valence-electron chi connectivity index (χ0n) is 11.9. The predicted octanol–water partition coefficient (Wildman–Crippen LogP) is 2.41. The lowest BCUT2D eigenvalue weighted by Crippen LogP contribution is -2.45. The van der Waals surface area contributed by atoms with Crippen molar-refractivity contribution in [1.82, 2.24) is 9.97 Å². The average molecular weight is 277 g/mol. The summed E-state index contributed by atoms with van der Waals surface area (Å²) in [6.45, 7) is 3.40. The third kappa shape index (κ3) is 2.23. The predicted molar refractivity (Wildman–Crippen MR) is 75.9 cm³/mol. The van der Waals surface area contributed by atoms with Crippen LogP contribution in [0.4, 0.5) is 5.95 Å². The van der Waals surface area contributed by atoms with Gasteiger partial charge in [-0.3, -0.25) is 0 Å². The van der Waals surface area contributed by atoms with Gasteiger partial charge in [0.1, 0.15) is 0 Å². The molecule has 3 heterocycles. The molecule has 0 radical (unpaired) electrons. The highest BCUT2D eigenvalue weighted by atomic mass is 16.7. The molecule has 3 fully saturated rings. The van der Waals surface area contributed by atoms with Gasteiger partial charge in [0.25, 0.3) is 0 Å². The van der Waals surface area contributed by atoms with E-state index in [1.807, 2.05) is 6.20 Å². The maximum atomic E-state index is 5.77. The zero-order valence-corrected chi connectivity index (χ0v) is 11.9. The molecule has 0 amide bonds. The lowest BCUT2D eigenvalue weighted by Gasteiger charge is -2.37. The molecule has 2 aliphatic heterocycles. The van der Waals surface area contributed by atoms with Crippen LogP contribution >= 0.6 is 0 Å². The number of rotatable bonds is 2. The first-order valence-corrected chi connectivity index (χ1v) is 7.92. The lowest BCUT2D eigenvalue weighted by molar-refractivity contribution is -0.169. The minimum atomic E-state index is -0.294. The van der Waals surface area contributed by atoms with Gasteiger partial charge in [-0.05, 0) is 12.8 Å². The summed E-state index contributed by atoms with van der Waals surface area (Å²) in [5.41, 5.74) is 1.33. The lowest BCUT2D eigenvalue weighted by atomic mass is 10.0. The minimum absolute atomic E-state index is 0.294. The number of H-pyrrole nitrogens is 1. The Morgan fingerprint density at radius 3 is 2.55 bits per heavy atom. The van der Waals surface area contributed by atoms with Gasteiger partial charge in [0.15, 0.2) is 5.79 Å². The fourth-order valence-electron chi connectivity index (χ4n) is 3.77. The molecule has 1 spiro atoms. The third-order valence-electron chi connectivity index (χ3n) is 5.02. The molecule has 1 aliphatic carbocycles. The number of aromatic amines is 1. The summed E-state index contributed by atoms with van der Waals surface area (Å²) in [7, 11) is 0. The molecule has 1 saturated carbocycles. The van der Waals surface area contributed by atoms with Crippen molar-refractivity contribution in [2.24, 2.45) is 0 Å². The molecule has 1 aromatic heterocycles. The highest BCUT2D eigenvalue weighted by molar-refractivity contribution is 5.33. The second-order valence-corrected chi connectivity index (χ2v) is 6.24. The fraction of sp³-hybridized carbons (Fsp3) is 0.800. The van der Waals surface area contributed by atoms with Gasteiger partial charge < -0.3 is 19.4 Å². The first-order valence-electron chi connectivity index (χ1n) is 7.92. The molecule has 1 aromatic rings. The summed E-state index contributed by atoms with van der Waals surface area (Å²) in [5, 5.41) is 0. The van der Waals surface area contributed by atoms with Gasteiger partial charge in [0.05, 0.1) is 19.4 Å². The number of hydrogen-bond donors (Lipinski definition) is 1. The Bertz CT molecular complexity index is 451. The van der Waals surface area contributed by atoms with Gasteiger partial charge in [0.2, 0.25) is 5.95 Å². The van der Waals surface area contributed by atoms with Crippen molar-refractivity contribution in [2.75, 3.05) is 31.2 Å². The molecule has 20 heavy (non-hydrogen) atoms. The van der Waals surface area contributed by atoms with Crippen molar-refractivity contribution in [2.45, 2.75) is 50.2 Å². The first kappa shape index (κ1) is 12.7. The Balaban J connectivity index is 1.41. The van der Waals surface area contributed by atoms with Crippen LogP contribution in [-0.4, -0.2) is 42.1 Å². The van der Waals surface area contributed by atoms with Crippen molar-refractivity contribution in [3.05, 3.63) is 11.9 Å². The molecular formula is C15H23N3O2. The number of piperidine rings is 1. The Kier molecular flexibility index (Phi) is 3.19. The van der Waals surface area contributed by atoms with Crippen molar-refractivity contribution < 1.29 is 9.47 Å². The highest BCUT2D eigenvalue weighted by Crippen LogP contribution is 2.35. The molecular weight excluding hydrogens is 254 g/mol. The van der Waals surface area contributed by atoms with Gasteiger partial charge in [0, 0.05) is 37.5 Å². The Hall–Kier alpha value is -1.07. The van der Waals surface area contributed by atoms with Crippen molar-refractivity contribution in [1.29, 1.82) is 0 Å². The molecule has 5 heteroatoms. The van der Waals surface area contributed by atoms with Crippen LogP contribution in [0.1, 0.15) is 50.1 Å². The van der Waals surface area contributed by atoms with Gasteiger partial charge in [-0.1, -0.05) is 12.8 Å². The molecule has 0 bridgehead atoms. The van der Waals surface area contributed by atoms with Crippen LogP contribution < -0.4 is 4.90 Å². The second kappa shape index (κ2) is 5.04. The van der Waals surface area contributed by atoms with Crippen LogP contribution in [0.15, 0.2) is 6.20 Å². The van der Waals surface area contributed by atoms with Crippen LogP contribution in [0.25, 0.3) is 0 Å². The van der Waals surface area contributed by atoms with Crippen LogP contribution in [0.3, 0.4) is 0 Å². The summed E-state index contributed by atoms with van der Waals surface area (Å²) < 4.78 is 11.5. The molecule has 0 unspecified atom stereocenters. The molecule has 5 nitrogen and oxygen atoms in total. The maximum absolute atomic E-state index is 5.77. The molecule has 0 aromatic carbocycles. The number of nitrogens with zero attached hydrogens (tertiary/aromatic N) is 2. The highest BCUT2D eigenvalue weighted by Gasteiger charge is 2.40. The van der Waals surface area contributed by atoms with E-state index in [1.165, 1.54) is 31.4 Å². The minimum Gasteiger partial charge on any atom is -0.347 e. The molecule has 110 valence electrons. The summed E-state index contributed by atoms with van der Waals surface area (Å²) >= 11 is 0. The smallest absolute Gasteiger partial charge is 0.202 e. The quantitative estimate of drug-likeness (QED) is 0.902. The summed E-state index contributed by atoms with van der Waals surface area (Å²) in [5.74, 6) is 1.44. The Morgan fingerprint density at radius 1 is 1.15 bits per heavy atom. The summed E-state index contributed by atoms with van der Waals surface area (Å²) in [6.07, 6.45) is 9.26. The molecule has 3 aliphatic rings. The second-order valence-electron chi connectivity index (χ2n) is 6.24. The number of hydrogen-bond acceptors (Lipinski definition) is 4. The standard InChI is InChI=1S/C15H23N3O2/c1-2-4-12(3-1)13-11-16-14(17-13)18-7-5-15(6-8-18)19-9-10-20-15/h11-12H,1-10H2,(H,16,17). The van der Waals surface area contributed by atoms with E-state index in [4.69, 9.17) is 9.47 Å². The van der Waals surface area contributed by atoms with E-state index in [1.54, 1.807) is 0 Å². The molecule has 4 rings (SSSR count). The number of aromatic nitrogens is 2. The Labute approximate surface area is 119 Å². The third-order valence-corrected chi connectivity index (χ3v) is 5.02. The summed E-state index contributed by atoms with van der Waals surface area (Å²) in [6, 6.07) is 0. The number of nitrogens with one attached hydrogen (secondary N) is 1. The van der Waals surface area contributed by atoms with Crippen molar-refractivity contribution in [3.8, 4) is 0 Å². The van der Waals surface area contributed by atoms with Crippen molar-refractivity contribution >= 4 is 5.95 Å². The topological polar surface area (TPSA) is 50.4 Å². The molecule has 1 N–H and O–H groups in total. The van der Waals surface area contributed by atoms with Gasteiger partial charge in [-0.15, -0.1) is 0 Å². The number of ether oxygens (including phenoxy) is 2. The average Bonchev–Trinajstić information content (AvgIpc) is 3.21. The first-order chi connectivity index (χ1) is 9.85. The van der Waals surface area contributed by atoms with Gasteiger partial charge in [-0.25, -0.2) is 4.98 Å². The van der Waals surface area contributed by atoms with Crippen LogP contribution in [0, 0.1) is 0 Å². The van der Waals surface area contributed by atoms with E-state index >= 15 is 0 Å². The van der Waals surface area contributed by atoms with Gasteiger partial charge >= 0.3 is 0 Å². The van der Waals surface area contributed by atoms with Crippen LogP contribution in [0.2, 0.25) is 0 Å². The van der Waals surface area contributed by atoms with Crippen LogP contribution in [-0.2, 0) is 9.47 Å². The van der Waals surface area contributed by atoms with E-state index in [-0.39, 0.29) is 5.79 Å². The maximum Gasteiger partial charge on any atom is 0.202 e. The number of anilines is 1. The van der Waals surface area contributed by atoms with E-state index in [2.05, 4.69) is 14.9 Å². The molecule has 0 atom stereocenters. The zero-order chi connectivity index (χ0) is 13.4. The SMILES string of the molecule is c1nc(N2CCC3(CC2)OCCO3)[nH]c1C1CCCC1. The molecule has 2 saturated heterocycles. The van der Waals surface area contributed by atoms with E-state index in [0.717, 1.165) is 45.1 Å². The van der Waals surface area contributed by atoms with Gasteiger partial charge in [-0.2, -0.15) is 0 Å². The Morgan fingerprint density at radius 2 is 1.85 bits per heavy atom.